The maximum atomic E-state index is 13.0. The van der Waals surface area contributed by atoms with Crippen LogP contribution in [0.4, 0.5) is 18.9 Å². The van der Waals surface area contributed by atoms with E-state index in [1.165, 1.54) is 48.8 Å². The molecule has 11 heteroatoms. The van der Waals surface area contributed by atoms with E-state index in [9.17, 15) is 22.8 Å². The molecule has 164 valence electrons. The number of anilines is 1. The Bertz CT molecular complexity index is 1190. The number of benzene rings is 2. The molecule has 0 spiro atoms. The Kier molecular flexibility index (Phi) is 7.12. The van der Waals surface area contributed by atoms with Gasteiger partial charge in [0.25, 0.3) is 11.8 Å². The third kappa shape index (κ3) is 5.83. The number of carbonyl (C=O) groups is 2. The van der Waals surface area contributed by atoms with Crippen LogP contribution in [-0.4, -0.2) is 23.0 Å². The average Bonchev–Trinajstić information content (AvgIpc) is 2.75. The molecular formula is C21H13Cl2F3N4O2. The van der Waals surface area contributed by atoms with Crippen molar-refractivity contribution in [2.24, 2.45) is 5.10 Å². The lowest BCUT2D eigenvalue weighted by Gasteiger charge is -2.11. The summed E-state index contributed by atoms with van der Waals surface area (Å²) in [4.78, 5) is 28.8. The molecule has 0 aliphatic rings. The smallest absolute Gasteiger partial charge is 0.321 e. The van der Waals surface area contributed by atoms with Gasteiger partial charge in [0.1, 0.15) is 0 Å². The first-order valence-corrected chi connectivity index (χ1v) is 9.62. The lowest BCUT2D eigenvalue weighted by Crippen LogP contribution is -2.21. The Hall–Kier alpha value is -3.43. The van der Waals surface area contributed by atoms with Crippen LogP contribution in [0, 0.1) is 0 Å². The zero-order valence-electron chi connectivity index (χ0n) is 16.0. The van der Waals surface area contributed by atoms with Gasteiger partial charge in [-0.15, -0.1) is 0 Å². The Labute approximate surface area is 190 Å². The van der Waals surface area contributed by atoms with Crippen molar-refractivity contribution in [3.63, 3.8) is 0 Å². The predicted molar refractivity (Wildman–Crippen MR) is 115 cm³/mol. The molecule has 1 aromatic heterocycles. The van der Waals surface area contributed by atoms with E-state index in [0.717, 1.165) is 18.3 Å². The number of rotatable bonds is 5. The molecule has 6 nitrogen and oxygen atoms in total. The lowest BCUT2D eigenvalue weighted by atomic mass is 10.1. The summed E-state index contributed by atoms with van der Waals surface area (Å²) in [6.45, 7) is 0. The van der Waals surface area contributed by atoms with Gasteiger partial charge >= 0.3 is 6.18 Å². The molecular weight excluding hydrogens is 468 g/mol. The number of nitrogens with zero attached hydrogens (tertiary/aromatic N) is 2. The van der Waals surface area contributed by atoms with Crippen molar-refractivity contribution < 1.29 is 22.8 Å². The van der Waals surface area contributed by atoms with Gasteiger partial charge < -0.3 is 5.32 Å². The van der Waals surface area contributed by atoms with E-state index in [0.29, 0.717) is 5.56 Å². The summed E-state index contributed by atoms with van der Waals surface area (Å²) in [5, 5.41) is 6.05. The fraction of sp³-hybridized carbons (Fsp3) is 0.0476. The number of pyridine rings is 1. The SMILES string of the molecule is O=C(Nc1ccc(Cl)cc1C(=O)N/N=C/c1ccc(Cl)c(C(F)(F)F)c1)c1ccncc1. The molecule has 0 aliphatic heterocycles. The molecule has 0 saturated carbocycles. The second-order valence-corrected chi connectivity index (χ2v) is 7.16. The minimum Gasteiger partial charge on any atom is -0.321 e. The first-order valence-electron chi connectivity index (χ1n) is 8.86. The number of hydrazone groups is 1. The van der Waals surface area contributed by atoms with Crippen LogP contribution >= 0.6 is 23.2 Å². The van der Waals surface area contributed by atoms with Gasteiger partial charge in [-0.05, 0) is 48.0 Å². The summed E-state index contributed by atoms with van der Waals surface area (Å²) in [5.74, 6) is -1.22. The largest absolute Gasteiger partial charge is 0.417 e. The van der Waals surface area contributed by atoms with E-state index in [1.54, 1.807) is 0 Å². The zero-order valence-corrected chi connectivity index (χ0v) is 17.5. The molecule has 0 saturated heterocycles. The Balaban J connectivity index is 1.77. The molecule has 32 heavy (non-hydrogen) atoms. The molecule has 0 radical (unpaired) electrons. The third-order valence-electron chi connectivity index (χ3n) is 4.09. The van der Waals surface area contributed by atoms with Crippen molar-refractivity contribution in [2.45, 2.75) is 6.18 Å². The van der Waals surface area contributed by atoms with Crippen LogP contribution < -0.4 is 10.7 Å². The van der Waals surface area contributed by atoms with Crippen LogP contribution in [-0.2, 0) is 6.18 Å². The summed E-state index contributed by atoms with van der Waals surface area (Å²) in [7, 11) is 0. The summed E-state index contributed by atoms with van der Waals surface area (Å²) < 4.78 is 38.9. The van der Waals surface area contributed by atoms with Crippen LogP contribution in [0.3, 0.4) is 0 Å². The second kappa shape index (κ2) is 9.80. The standard InChI is InChI=1S/C21H13Cl2F3N4O2/c22-14-2-4-18(29-19(31)13-5-7-27-8-6-13)15(10-14)20(32)30-28-11-12-1-3-17(23)16(9-12)21(24,25)26/h1-11H,(H,29,31)(H,30,32)/b28-11+. The summed E-state index contributed by atoms with van der Waals surface area (Å²) >= 11 is 11.5. The number of aromatic nitrogens is 1. The van der Waals surface area contributed by atoms with Crippen LogP contribution in [0.5, 0.6) is 0 Å². The van der Waals surface area contributed by atoms with E-state index in [1.807, 2.05) is 0 Å². The van der Waals surface area contributed by atoms with Crippen molar-refractivity contribution in [2.75, 3.05) is 5.32 Å². The second-order valence-electron chi connectivity index (χ2n) is 6.32. The summed E-state index contributed by atoms with van der Waals surface area (Å²) in [5.41, 5.74) is 1.73. The first-order chi connectivity index (χ1) is 15.1. The normalized spacial score (nSPS) is 11.4. The molecule has 0 unspecified atom stereocenters. The molecule has 0 fully saturated rings. The number of halogens is 5. The molecule has 2 amide bonds. The molecule has 3 aromatic rings. The van der Waals surface area contributed by atoms with Gasteiger partial charge in [0.05, 0.1) is 28.1 Å². The van der Waals surface area contributed by atoms with Crippen molar-refractivity contribution in [1.29, 1.82) is 0 Å². The molecule has 1 heterocycles. The van der Waals surface area contributed by atoms with Gasteiger partial charge in [0.2, 0.25) is 0 Å². The highest BCUT2D eigenvalue weighted by Crippen LogP contribution is 2.34. The van der Waals surface area contributed by atoms with Crippen LogP contribution in [0.25, 0.3) is 0 Å². The number of alkyl halides is 3. The number of carbonyl (C=O) groups excluding carboxylic acids is 2. The summed E-state index contributed by atoms with van der Waals surface area (Å²) in [6.07, 6.45) is -0.712. The highest BCUT2D eigenvalue weighted by Gasteiger charge is 2.33. The minimum absolute atomic E-state index is 0.00384. The van der Waals surface area contributed by atoms with Gasteiger partial charge in [-0.2, -0.15) is 18.3 Å². The van der Waals surface area contributed by atoms with E-state index in [2.05, 4.69) is 20.8 Å². The number of nitrogens with one attached hydrogen (secondary N) is 2. The number of hydrogen-bond donors (Lipinski definition) is 2. The first kappa shape index (κ1) is 23.2. The van der Waals surface area contributed by atoms with Gasteiger partial charge in [-0.3, -0.25) is 14.6 Å². The van der Waals surface area contributed by atoms with Crippen molar-refractivity contribution in [1.82, 2.24) is 10.4 Å². The Morgan fingerprint density at radius 1 is 0.969 bits per heavy atom. The monoisotopic (exact) mass is 480 g/mol. The van der Waals surface area contributed by atoms with E-state index < -0.39 is 28.6 Å². The van der Waals surface area contributed by atoms with Gasteiger partial charge in [-0.25, -0.2) is 5.43 Å². The molecule has 0 aliphatic carbocycles. The minimum atomic E-state index is -4.63. The molecule has 2 N–H and O–H groups in total. The topological polar surface area (TPSA) is 83.5 Å². The van der Waals surface area contributed by atoms with Gasteiger partial charge in [-0.1, -0.05) is 29.3 Å². The predicted octanol–water partition coefficient (Wildman–Crippen LogP) is 5.42. The number of amides is 2. The van der Waals surface area contributed by atoms with Crippen molar-refractivity contribution in [3.05, 3.63) is 93.2 Å². The Morgan fingerprint density at radius 2 is 1.69 bits per heavy atom. The third-order valence-corrected chi connectivity index (χ3v) is 4.66. The maximum Gasteiger partial charge on any atom is 0.417 e. The van der Waals surface area contributed by atoms with Crippen LogP contribution in [0.15, 0.2) is 66.0 Å². The molecule has 3 rings (SSSR count). The van der Waals surface area contributed by atoms with E-state index in [-0.39, 0.29) is 21.8 Å². The van der Waals surface area contributed by atoms with E-state index >= 15 is 0 Å². The Morgan fingerprint density at radius 3 is 2.38 bits per heavy atom. The van der Waals surface area contributed by atoms with E-state index in [4.69, 9.17) is 23.2 Å². The maximum absolute atomic E-state index is 13.0. The zero-order chi connectivity index (χ0) is 23.3. The fourth-order valence-corrected chi connectivity index (χ4v) is 2.97. The van der Waals surface area contributed by atoms with Crippen molar-refractivity contribution >= 4 is 46.9 Å². The molecule has 0 bridgehead atoms. The summed E-state index contributed by atoms with van der Waals surface area (Å²) in [6, 6.07) is 10.4. The van der Waals surface area contributed by atoms with Crippen molar-refractivity contribution in [3.8, 4) is 0 Å². The van der Waals surface area contributed by atoms with Gasteiger partial charge in [0, 0.05) is 23.0 Å². The molecule has 2 aromatic carbocycles. The lowest BCUT2D eigenvalue weighted by molar-refractivity contribution is -0.137. The highest BCUT2D eigenvalue weighted by atomic mass is 35.5. The average molecular weight is 481 g/mol. The quantitative estimate of drug-likeness (QED) is 0.377. The van der Waals surface area contributed by atoms with Crippen LogP contribution in [0.1, 0.15) is 31.8 Å². The number of hydrogen-bond acceptors (Lipinski definition) is 4. The molecule has 0 atom stereocenters. The highest BCUT2D eigenvalue weighted by molar-refractivity contribution is 6.31. The van der Waals surface area contributed by atoms with Gasteiger partial charge in [0.15, 0.2) is 0 Å². The fourth-order valence-electron chi connectivity index (χ4n) is 2.58. The van der Waals surface area contributed by atoms with Crippen LogP contribution in [0.2, 0.25) is 10.0 Å².